The maximum Gasteiger partial charge on any atom is 0.319 e. The number of urea groups is 1. The molecule has 112 valence electrons. The lowest BCUT2D eigenvalue weighted by Crippen LogP contribution is -2.40. The highest BCUT2D eigenvalue weighted by atomic mass is 16.5. The second-order valence-electron chi connectivity index (χ2n) is 4.26. The molecule has 6 nitrogen and oxygen atoms in total. The van der Waals surface area contributed by atoms with Crippen LogP contribution in [0.1, 0.15) is 13.3 Å². The molecule has 2 N–H and O–H groups in total. The minimum atomic E-state index is -0.288. The van der Waals surface area contributed by atoms with Crippen LogP contribution in [0.25, 0.3) is 0 Å². The number of rotatable bonds is 7. The van der Waals surface area contributed by atoms with Crippen LogP contribution in [0.2, 0.25) is 0 Å². The van der Waals surface area contributed by atoms with E-state index in [0.717, 1.165) is 6.42 Å². The number of carbonyl (C=O) groups excluding carboxylic acids is 1. The van der Waals surface area contributed by atoms with Gasteiger partial charge in [0.1, 0.15) is 11.5 Å². The molecule has 2 amide bonds. The summed E-state index contributed by atoms with van der Waals surface area (Å²) in [6.07, 6.45) is 0.794. The predicted molar refractivity (Wildman–Crippen MR) is 77.7 cm³/mol. The van der Waals surface area contributed by atoms with E-state index in [9.17, 15) is 4.79 Å². The van der Waals surface area contributed by atoms with Gasteiger partial charge < -0.3 is 24.8 Å². The average molecular weight is 282 g/mol. The Kier molecular flexibility index (Phi) is 6.66. The highest BCUT2D eigenvalue weighted by Crippen LogP contribution is 2.25. The first-order valence-corrected chi connectivity index (χ1v) is 6.42. The number of hydrogen-bond acceptors (Lipinski definition) is 4. The second kappa shape index (κ2) is 8.27. The molecular formula is C14H22N2O4. The highest BCUT2D eigenvalue weighted by Gasteiger charge is 2.11. The number of benzene rings is 1. The van der Waals surface area contributed by atoms with E-state index in [1.54, 1.807) is 39.5 Å². The number of amides is 2. The van der Waals surface area contributed by atoms with Gasteiger partial charge in [-0.15, -0.1) is 0 Å². The Balaban J connectivity index is 2.69. The third-order valence-corrected chi connectivity index (χ3v) is 2.81. The Labute approximate surface area is 119 Å². The molecule has 1 aromatic rings. The molecule has 0 spiro atoms. The molecule has 1 atom stereocenters. The Morgan fingerprint density at radius 2 is 1.75 bits per heavy atom. The summed E-state index contributed by atoms with van der Waals surface area (Å²) in [6, 6.07) is 4.87. The SMILES string of the molecule is CCC(COC)NC(=O)Nc1cc(OC)cc(OC)c1. The molecule has 1 rings (SSSR count). The van der Waals surface area contributed by atoms with Crippen LogP contribution in [0.5, 0.6) is 11.5 Å². The molecule has 0 aliphatic rings. The van der Waals surface area contributed by atoms with Crippen LogP contribution in [0, 0.1) is 0 Å². The fourth-order valence-electron chi connectivity index (χ4n) is 1.69. The third-order valence-electron chi connectivity index (χ3n) is 2.81. The lowest BCUT2D eigenvalue weighted by molar-refractivity contribution is 0.165. The van der Waals surface area contributed by atoms with E-state index in [4.69, 9.17) is 14.2 Å². The molecule has 0 radical (unpaired) electrons. The topological polar surface area (TPSA) is 68.8 Å². The summed E-state index contributed by atoms with van der Waals surface area (Å²) >= 11 is 0. The van der Waals surface area contributed by atoms with Crippen LogP contribution in [0.4, 0.5) is 10.5 Å². The number of nitrogens with one attached hydrogen (secondary N) is 2. The van der Waals surface area contributed by atoms with Gasteiger partial charge >= 0.3 is 6.03 Å². The number of hydrogen-bond donors (Lipinski definition) is 2. The van der Waals surface area contributed by atoms with E-state index in [-0.39, 0.29) is 12.1 Å². The summed E-state index contributed by atoms with van der Waals surface area (Å²) in [5, 5.41) is 5.58. The second-order valence-corrected chi connectivity index (χ2v) is 4.26. The van der Waals surface area contributed by atoms with Crippen molar-refractivity contribution in [3.8, 4) is 11.5 Å². The molecule has 1 aromatic carbocycles. The van der Waals surface area contributed by atoms with Crippen LogP contribution in [-0.4, -0.2) is 40.0 Å². The number of ether oxygens (including phenoxy) is 3. The van der Waals surface area contributed by atoms with Gasteiger partial charge in [-0.3, -0.25) is 0 Å². The van der Waals surface area contributed by atoms with Gasteiger partial charge in [-0.1, -0.05) is 6.92 Å². The fourth-order valence-corrected chi connectivity index (χ4v) is 1.69. The summed E-state index contributed by atoms with van der Waals surface area (Å²) in [6.45, 7) is 2.46. The maximum absolute atomic E-state index is 11.9. The summed E-state index contributed by atoms with van der Waals surface area (Å²) in [5.74, 6) is 1.23. The van der Waals surface area contributed by atoms with Crippen LogP contribution in [0.15, 0.2) is 18.2 Å². The Morgan fingerprint density at radius 1 is 1.15 bits per heavy atom. The van der Waals surface area contributed by atoms with E-state index in [0.29, 0.717) is 23.8 Å². The Hall–Kier alpha value is -1.95. The summed E-state index contributed by atoms with van der Waals surface area (Å²) in [7, 11) is 4.73. The maximum atomic E-state index is 11.9. The van der Waals surface area contributed by atoms with E-state index >= 15 is 0 Å². The first kappa shape index (κ1) is 16.1. The standard InChI is InChI=1S/C14H22N2O4/c1-5-10(9-18-2)15-14(17)16-11-6-12(19-3)8-13(7-11)20-4/h6-8,10H,5,9H2,1-4H3,(H2,15,16,17). The summed E-state index contributed by atoms with van der Waals surface area (Å²) in [4.78, 5) is 11.9. The van der Waals surface area contributed by atoms with Gasteiger partial charge in [-0.2, -0.15) is 0 Å². The van der Waals surface area contributed by atoms with Crippen LogP contribution < -0.4 is 20.1 Å². The summed E-state index contributed by atoms with van der Waals surface area (Å²) in [5.41, 5.74) is 0.603. The first-order chi connectivity index (χ1) is 9.62. The average Bonchev–Trinajstić information content (AvgIpc) is 2.46. The van der Waals surface area contributed by atoms with Crippen LogP contribution >= 0.6 is 0 Å². The van der Waals surface area contributed by atoms with Gasteiger partial charge in [0.05, 0.1) is 26.9 Å². The molecule has 0 heterocycles. The van der Waals surface area contributed by atoms with Gasteiger partial charge in [0.15, 0.2) is 0 Å². The highest BCUT2D eigenvalue weighted by molar-refractivity contribution is 5.90. The summed E-state index contributed by atoms with van der Waals surface area (Å²) < 4.78 is 15.3. The van der Waals surface area contributed by atoms with Crippen molar-refractivity contribution < 1.29 is 19.0 Å². The monoisotopic (exact) mass is 282 g/mol. The van der Waals surface area contributed by atoms with Crippen molar-refractivity contribution in [1.29, 1.82) is 0 Å². The minimum Gasteiger partial charge on any atom is -0.497 e. The van der Waals surface area contributed by atoms with Gasteiger partial charge in [-0.25, -0.2) is 4.79 Å². The van der Waals surface area contributed by atoms with E-state index in [2.05, 4.69) is 10.6 Å². The van der Waals surface area contributed by atoms with E-state index in [1.807, 2.05) is 6.92 Å². The third kappa shape index (κ3) is 4.97. The van der Waals surface area contributed by atoms with Crippen molar-refractivity contribution in [2.75, 3.05) is 33.3 Å². The van der Waals surface area contributed by atoms with Crippen molar-refractivity contribution in [3.63, 3.8) is 0 Å². The molecular weight excluding hydrogens is 260 g/mol. The normalized spacial score (nSPS) is 11.6. The number of methoxy groups -OCH3 is 3. The predicted octanol–water partition coefficient (Wildman–Crippen LogP) is 2.25. The lowest BCUT2D eigenvalue weighted by atomic mass is 10.2. The number of carbonyl (C=O) groups is 1. The smallest absolute Gasteiger partial charge is 0.319 e. The fraction of sp³-hybridized carbons (Fsp3) is 0.500. The van der Waals surface area contributed by atoms with Gasteiger partial charge in [0, 0.05) is 31.0 Å². The van der Waals surface area contributed by atoms with Gasteiger partial charge in [-0.05, 0) is 6.42 Å². The molecule has 0 aromatic heterocycles. The Bertz CT molecular complexity index is 415. The first-order valence-electron chi connectivity index (χ1n) is 6.42. The Morgan fingerprint density at radius 3 is 2.20 bits per heavy atom. The van der Waals surface area contributed by atoms with E-state index < -0.39 is 0 Å². The van der Waals surface area contributed by atoms with Crippen molar-refractivity contribution >= 4 is 11.7 Å². The van der Waals surface area contributed by atoms with Crippen molar-refractivity contribution in [1.82, 2.24) is 5.32 Å². The lowest BCUT2D eigenvalue weighted by Gasteiger charge is -2.17. The van der Waals surface area contributed by atoms with Gasteiger partial charge in [0.25, 0.3) is 0 Å². The van der Waals surface area contributed by atoms with Gasteiger partial charge in [0.2, 0.25) is 0 Å². The van der Waals surface area contributed by atoms with Crippen LogP contribution in [0.3, 0.4) is 0 Å². The molecule has 1 unspecified atom stereocenters. The molecule has 0 aliphatic carbocycles. The molecule has 0 fully saturated rings. The molecule has 6 heteroatoms. The van der Waals surface area contributed by atoms with Crippen molar-refractivity contribution in [3.05, 3.63) is 18.2 Å². The quantitative estimate of drug-likeness (QED) is 0.805. The zero-order chi connectivity index (χ0) is 15.0. The zero-order valence-corrected chi connectivity index (χ0v) is 12.4. The largest absolute Gasteiger partial charge is 0.497 e. The molecule has 0 bridgehead atoms. The molecule has 0 saturated heterocycles. The van der Waals surface area contributed by atoms with Crippen molar-refractivity contribution in [2.45, 2.75) is 19.4 Å². The molecule has 0 aliphatic heterocycles. The van der Waals surface area contributed by atoms with Crippen molar-refractivity contribution in [2.24, 2.45) is 0 Å². The zero-order valence-electron chi connectivity index (χ0n) is 12.4. The molecule has 20 heavy (non-hydrogen) atoms. The molecule has 0 saturated carbocycles. The number of anilines is 1. The van der Waals surface area contributed by atoms with E-state index in [1.165, 1.54) is 0 Å². The minimum absolute atomic E-state index is 0.0208. The van der Waals surface area contributed by atoms with Crippen LogP contribution in [-0.2, 0) is 4.74 Å².